The Labute approximate surface area is 237 Å². The Kier molecular flexibility index (Phi) is 8.61. The molecular weight excluding hydrogens is 527 g/mol. The minimum absolute atomic E-state index is 0.00111. The number of rotatable bonds is 10. The van der Waals surface area contributed by atoms with Gasteiger partial charge in [-0.3, -0.25) is 9.59 Å². The van der Waals surface area contributed by atoms with Gasteiger partial charge in [-0.2, -0.15) is 0 Å². The summed E-state index contributed by atoms with van der Waals surface area (Å²) in [5.41, 5.74) is 3.72. The number of ether oxygens (including phenoxy) is 2. The zero-order valence-corrected chi connectivity index (χ0v) is 22.8. The number of carbonyl (C=O) groups excluding carboxylic acids is 2. The second kappa shape index (κ2) is 12.5. The summed E-state index contributed by atoms with van der Waals surface area (Å²) in [6.07, 6.45) is 1.99. The molecule has 0 saturated carbocycles. The van der Waals surface area contributed by atoms with Crippen molar-refractivity contribution in [1.29, 1.82) is 5.41 Å². The molecular formula is C31H33FN4O5. The summed E-state index contributed by atoms with van der Waals surface area (Å²) < 4.78 is 25.6. The summed E-state index contributed by atoms with van der Waals surface area (Å²) in [7, 11) is 1.78. The van der Waals surface area contributed by atoms with Gasteiger partial charge in [0.2, 0.25) is 5.78 Å². The van der Waals surface area contributed by atoms with Crippen LogP contribution in [-0.2, 0) is 4.79 Å². The lowest BCUT2D eigenvalue weighted by atomic mass is 9.99. The van der Waals surface area contributed by atoms with Crippen LogP contribution in [0.5, 0.6) is 11.5 Å². The molecule has 5 rings (SSSR count). The third kappa shape index (κ3) is 6.23. The number of aliphatic hydroxyl groups is 1. The van der Waals surface area contributed by atoms with Gasteiger partial charge in [0.25, 0.3) is 5.91 Å². The smallest absolute Gasteiger partial charge is 0.292 e. The van der Waals surface area contributed by atoms with Crippen LogP contribution in [0.2, 0.25) is 0 Å². The number of benzene rings is 3. The van der Waals surface area contributed by atoms with Crippen LogP contribution in [0.15, 0.2) is 54.6 Å². The number of hydrogen-bond donors (Lipinski definition) is 4. The fraction of sp³-hybridized carbons (Fsp3) is 0.323. The van der Waals surface area contributed by atoms with Crippen LogP contribution in [0.3, 0.4) is 0 Å². The van der Waals surface area contributed by atoms with Gasteiger partial charge in [-0.15, -0.1) is 0 Å². The fourth-order valence-corrected chi connectivity index (χ4v) is 5.26. The molecule has 3 aromatic carbocycles. The molecule has 2 aliphatic rings. The average molecular weight is 561 g/mol. The number of fused-ring (bicyclic) bond motifs is 1. The van der Waals surface area contributed by atoms with Gasteiger partial charge in [0.05, 0.1) is 6.04 Å². The molecule has 3 aromatic rings. The third-order valence-corrected chi connectivity index (χ3v) is 7.48. The maximum Gasteiger partial charge on any atom is 0.292 e. The highest BCUT2D eigenvalue weighted by Gasteiger charge is 2.31. The Balaban J connectivity index is 1.33. The monoisotopic (exact) mass is 560 g/mol. The van der Waals surface area contributed by atoms with E-state index < -0.39 is 29.7 Å². The first-order valence-electron chi connectivity index (χ1n) is 13.7. The van der Waals surface area contributed by atoms with E-state index >= 15 is 0 Å². The minimum atomic E-state index is -1.29. The number of amides is 1. The molecule has 0 unspecified atom stereocenters. The Morgan fingerprint density at radius 1 is 1.05 bits per heavy atom. The van der Waals surface area contributed by atoms with E-state index in [4.69, 9.17) is 14.9 Å². The lowest BCUT2D eigenvalue weighted by molar-refractivity contribution is -0.118. The Morgan fingerprint density at radius 2 is 1.76 bits per heavy atom. The highest BCUT2D eigenvalue weighted by molar-refractivity contribution is 6.42. The molecule has 2 heterocycles. The van der Waals surface area contributed by atoms with Crippen molar-refractivity contribution in [3.8, 4) is 22.6 Å². The van der Waals surface area contributed by atoms with Crippen molar-refractivity contribution in [2.24, 2.45) is 0 Å². The van der Waals surface area contributed by atoms with Crippen LogP contribution in [0.1, 0.15) is 40.4 Å². The summed E-state index contributed by atoms with van der Waals surface area (Å²) in [4.78, 5) is 28.4. The van der Waals surface area contributed by atoms with Crippen molar-refractivity contribution in [3.05, 3.63) is 77.1 Å². The van der Waals surface area contributed by atoms with Gasteiger partial charge < -0.3 is 35.5 Å². The number of Topliss-reactive ketones (excluding diaryl/α,β-unsaturated/α-hetero) is 1. The van der Waals surface area contributed by atoms with Crippen LogP contribution in [-0.4, -0.2) is 73.8 Å². The van der Waals surface area contributed by atoms with E-state index in [1.807, 2.05) is 18.2 Å². The number of ketones is 1. The van der Waals surface area contributed by atoms with Gasteiger partial charge in [0.1, 0.15) is 19.3 Å². The van der Waals surface area contributed by atoms with Crippen LogP contribution < -0.4 is 20.1 Å². The average Bonchev–Trinajstić information content (AvgIpc) is 3.53. The maximum absolute atomic E-state index is 14.7. The first-order valence-corrected chi connectivity index (χ1v) is 13.7. The van der Waals surface area contributed by atoms with E-state index in [2.05, 4.69) is 15.5 Å². The number of halogens is 1. The quantitative estimate of drug-likeness (QED) is 0.169. The number of anilines is 1. The number of aliphatic hydroxyl groups excluding tert-OH is 1. The summed E-state index contributed by atoms with van der Waals surface area (Å²) in [6.45, 7) is 2.41. The van der Waals surface area contributed by atoms with E-state index in [0.717, 1.165) is 48.3 Å². The molecule has 214 valence electrons. The van der Waals surface area contributed by atoms with Crippen LogP contribution >= 0.6 is 0 Å². The topological polar surface area (TPSA) is 124 Å². The fourth-order valence-electron chi connectivity index (χ4n) is 5.26. The first kappa shape index (κ1) is 28.3. The van der Waals surface area contributed by atoms with Gasteiger partial charge >= 0.3 is 0 Å². The summed E-state index contributed by atoms with van der Waals surface area (Å²) in [5.74, 6) is -2.06. The van der Waals surface area contributed by atoms with Crippen molar-refractivity contribution >= 4 is 23.6 Å². The molecule has 0 spiro atoms. The molecule has 1 saturated heterocycles. The van der Waals surface area contributed by atoms with Crippen molar-refractivity contribution in [1.82, 2.24) is 10.2 Å². The normalized spacial score (nSPS) is 16.1. The maximum atomic E-state index is 14.7. The molecule has 2 atom stereocenters. The van der Waals surface area contributed by atoms with Crippen molar-refractivity contribution in [2.75, 3.05) is 45.2 Å². The number of hydrogen-bond acceptors (Lipinski definition) is 8. The molecule has 1 amide bonds. The molecule has 4 N–H and O–H groups in total. The van der Waals surface area contributed by atoms with E-state index in [1.165, 1.54) is 18.3 Å². The predicted octanol–water partition coefficient (Wildman–Crippen LogP) is 3.80. The highest BCUT2D eigenvalue weighted by Crippen LogP contribution is 2.36. The van der Waals surface area contributed by atoms with E-state index in [1.54, 1.807) is 31.3 Å². The molecule has 2 aliphatic heterocycles. The third-order valence-electron chi connectivity index (χ3n) is 7.48. The molecule has 0 bridgehead atoms. The van der Waals surface area contributed by atoms with Gasteiger partial charge in [0.15, 0.2) is 17.3 Å². The van der Waals surface area contributed by atoms with Crippen LogP contribution in [0.25, 0.3) is 11.1 Å². The number of nitrogens with zero attached hydrogens (tertiary/aromatic N) is 1. The zero-order chi connectivity index (χ0) is 28.9. The molecule has 1 fully saturated rings. The lowest BCUT2D eigenvalue weighted by Gasteiger charge is -2.29. The van der Waals surface area contributed by atoms with E-state index in [0.29, 0.717) is 6.54 Å². The molecule has 0 aromatic heterocycles. The van der Waals surface area contributed by atoms with E-state index in [-0.39, 0.29) is 35.8 Å². The Morgan fingerprint density at radius 3 is 2.46 bits per heavy atom. The molecule has 0 radical (unpaired) electrons. The molecule has 10 heteroatoms. The van der Waals surface area contributed by atoms with Crippen molar-refractivity contribution in [3.63, 3.8) is 0 Å². The van der Waals surface area contributed by atoms with Crippen LogP contribution in [0.4, 0.5) is 10.1 Å². The predicted molar refractivity (Wildman–Crippen MR) is 154 cm³/mol. The molecule has 9 nitrogen and oxygen atoms in total. The second-order valence-corrected chi connectivity index (χ2v) is 10.2. The van der Waals surface area contributed by atoms with Crippen molar-refractivity contribution < 1.29 is 28.6 Å². The molecule has 0 aliphatic carbocycles. The minimum Gasteiger partial charge on any atom is -0.486 e. The van der Waals surface area contributed by atoms with Gasteiger partial charge in [-0.05, 0) is 60.8 Å². The van der Waals surface area contributed by atoms with Crippen molar-refractivity contribution in [2.45, 2.75) is 25.0 Å². The largest absolute Gasteiger partial charge is 0.486 e. The van der Waals surface area contributed by atoms with Crippen LogP contribution in [0, 0.1) is 11.2 Å². The van der Waals surface area contributed by atoms with Gasteiger partial charge in [-0.1, -0.05) is 36.4 Å². The summed E-state index contributed by atoms with van der Waals surface area (Å²) in [5, 5.41) is 24.6. The van der Waals surface area contributed by atoms with E-state index in [9.17, 15) is 19.1 Å². The number of likely N-dealkylation sites (tertiary alicyclic amines) is 1. The first-order chi connectivity index (χ1) is 19.9. The SMILES string of the molecule is CNc1cc(-c2ccc(C(=O)C(=O)N[C@H](CN3CCCC3)[C@H](O)c3cc(F)c4c(c3)OCCO4)cc2)ccc1C=N. The molecule has 41 heavy (non-hydrogen) atoms. The summed E-state index contributed by atoms with van der Waals surface area (Å²) >= 11 is 0. The number of nitrogens with one attached hydrogen (secondary N) is 3. The standard InChI is InChI=1S/C31H33FN4O5/c1-34-25-15-21(8-9-22(25)17-33)19-4-6-20(7-5-19)29(38)31(39)35-26(18-36-10-2-3-11-36)28(37)23-14-24(32)30-27(16-23)40-12-13-41-30/h4-9,14-17,26,28,33-34,37H,2-3,10-13,18H2,1H3,(H,35,39)/t26-,28-/m1/s1. The second-order valence-electron chi connectivity index (χ2n) is 10.2. The Bertz CT molecular complexity index is 1440. The Hall–Kier alpha value is -4.28. The highest BCUT2D eigenvalue weighted by atomic mass is 19.1. The number of carbonyl (C=O) groups is 2. The summed E-state index contributed by atoms with van der Waals surface area (Å²) in [6, 6.07) is 14.1. The lowest BCUT2D eigenvalue weighted by Crippen LogP contribution is -2.48. The zero-order valence-electron chi connectivity index (χ0n) is 22.8. The van der Waals surface area contributed by atoms with Gasteiger partial charge in [0, 0.05) is 36.6 Å². The van der Waals surface area contributed by atoms with Gasteiger partial charge in [-0.25, -0.2) is 4.39 Å².